The molecule has 0 aliphatic heterocycles. The maximum Gasteiger partial charge on any atom is 0.411 e. The second-order valence-electron chi connectivity index (χ2n) is 7.45. The number of aryl methyl sites for hydroxylation is 1. The molecule has 0 heterocycles. The van der Waals surface area contributed by atoms with Crippen LogP contribution in [0.25, 0.3) is 0 Å². The van der Waals surface area contributed by atoms with E-state index in [1.165, 1.54) is 0 Å². The van der Waals surface area contributed by atoms with E-state index in [-0.39, 0.29) is 19.6 Å². The first-order valence-corrected chi connectivity index (χ1v) is 10.9. The van der Waals surface area contributed by atoms with Crippen molar-refractivity contribution in [2.45, 2.75) is 26.1 Å². The Bertz CT molecular complexity index is 1070. The quantitative estimate of drug-likeness (QED) is 0.219. The van der Waals surface area contributed by atoms with E-state index in [0.29, 0.717) is 23.4 Å². The van der Waals surface area contributed by atoms with Gasteiger partial charge in [-0.3, -0.25) is 15.4 Å². The molecule has 180 valence electrons. The Labute approximate surface area is 203 Å². The monoisotopic (exact) mass is 474 g/mol. The predicted molar refractivity (Wildman–Crippen MR) is 132 cm³/mol. The lowest BCUT2D eigenvalue weighted by Crippen LogP contribution is -2.16. The molecule has 0 aliphatic carbocycles. The summed E-state index contributed by atoms with van der Waals surface area (Å²) in [7, 11) is 0. The van der Waals surface area contributed by atoms with Gasteiger partial charge >= 0.3 is 18.2 Å². The molecule has 0 saturated carbocycles. The Morgan fingerprint density at radius 1 is 0.714 bits per heavy atom. The standard InChI is InChI=1S/C27H26N2O6/c1-2-33-25(30)14-13-22-15-23(28-26(31)34-18-20-9-5-3-6-10-20)17-24(16-22)29-27(32)35-19-21-11-7-4-8-12-21/h2-12,15-17H,1,13-14,18-19H2,(H,28,31)(H,29,32). The van der Waals surface area contributed by atoms with Gasteiger partial charge in [-0.1, -0.05) is 67.2 Å². The van der Waals surface area contributed by atoms with Crippen LogP contribution >= 0.6 is 0 Å². The van der Waals surface area contributed by atoms with Gasteiger partial charge in [0.15, 0.2) is 0 Å². The molecule has 2 N–H and O–H groups in total. The summed E-state index contributed by atoms with van der Waals surface area (Å²) < 4.78 is 15.3. The van der Waals surface area contributed by atoms with Gasteiger partial charge in [-0.2, -0.15) is 0 Å². The second kappa shape index (κ2) is 13.2. The third kappa shape index (κ3) is 9.05. The Morgan fingerprint density at radius 2 is 1.20 bits per heavy atom. The van der Waals surface area contributed by atoms with Gasteiger partial charge in [0.2, 0.25) is 0 Å². The second-order valence-corrected chi connectivity index (χ2v) is 7.45. The van der Waals surface area contributed by atoms with E-state index in [9.17, 15) is 14.4 Å². The van der Waals surface area contributed by atoms with Crippen LogP contribution in [0.1, 0.15) is 23.1 Å². The van der Waals surface area contributed by atoms with Crippen LogP contribution < -0.4 is 10.6 Å². The molecular formula is C27H26N2O6. The Hall–Kier alpha value is -4.59. The fraction of sp³-hybridized carbons (Fsp3) is 0.148. The van der Waals surface area contributed by atoms with E-state index in [1.54, 1.807) is 18.2 Å². The zero-order chi connectivity index (χ0) is 24.9. The summed E-state index contributed by atoms with van der Waals surface area (Å²) in [6.07, 6.45) is 0.156. The number of esters is 1. The van der Waals surface area contributed by atoms with Crippen LogP contribution in [0.2, 0.25) is 0 Å². The van der Waals surface area contributed by atoms with Crippen LogP contribution in [-0.2, 0) is 38.6 Å². The predicted octanol–water partition coefficient (Wildman–Crippen LogP) is 5.80. The zero-order valence-electron chi connectivity index (χ0n) is 19.1. The first kappa shape index (κ1) is 25.0. The fourth-order valence-corrected chi connectivity index (χ4v) is 3.13. The molecular weight excluding hydrogens is 448 g/mol. The lowest BCUT2D eigenvalue weighted by atomic mass is 10.1. The van der Waals surface area contributed by atoms with Crippen LogP contribution in [0.3, 0.4) is 0 Å². The van der Waals surface area contributed by atoms with Gasteiger partial charge in [-0.25, -0.2) is 9.59 Å². The molecule has 0 aliphatic rings. The number of anilines is 2. The molecule has 8 nitrogen and oxygen atoms in total. The maximum absolute atomic E-state index is 12.3. The van der Waals surface area contributed by atoms with Crippen molar-refractivity contribution in [1.82, 2.24) is 0 Å². The Morgan fingerprint density at radius 3 is 1.66 bits per heavy atom. The molecule has 0 saturated heterocycles. The summed E-state index contributed by atoms with van der Waals surface area (Å²) in [5, 5.41) is 5.30. The number of amides is 2. The number of ether oxygens (including phenoxy) is 3. The molecule has 0 spiro atoms. The van der Waals surface area contributed by atoms with Crippen LogP contribution in [0.5, 0.6) is 0 Å². The zero-order valence-corrected chi connectivity index (χ0v) is 19.1. The van der Waals surface area contributed by atoms with Crippen molar-refractivity contribution in [2.75, 3.05) is 10.6 Å². The molecule has 8 heteroatoms. The fourth-order valence-electron chi connectivity index (χ4n) is 3.13. The molecule has 3 aromatic rings. The minimum Gasteiger partial charge on any atom is -0.444 e. The molecule has 0 atom stereocenters. The number of hydrogen-bond acceptors (Lipinski definition) is 6. The number of rotatable bonds is 10. The number of hydrogen-bond donors (Lipinski definition) is 2. The lowest BCUT2D eigenvalue weighted by molar-refractivity contribution is -0.137. The summed E-state index contributed by atoms with van der Waals surface area (Å²) in [6, 6.07) is 23.5. The number of benzene rings is 3. The lowest BCUT2D eigenvalue weighted by Gasteiger charge is -2.13. The van der Waals surface area contributed by atoms with Crippen molar-refractivity contribution in [3.05, 3.63) is 108 Å². The first-order chi connectivity index (χ1) is 17.0. The smallest absolute Gasteiger partial charge is 0.411 e. The summed E-state index contributed by atoms with van der Waals surface area (Å²) >= 11 is 0. The Balaban J connectivity index is 1.65. The van der Waals surface area contributed by atoms with E-state index in [1.807, 2.05) is 60.7 Å². The van der Waals surface area contributed by atoms with Gasteiger partial charge < -0.3 is 14.2 Å². The topological polar surface area (TPSA) is 103 Å². The minimum absolute atomic E-state index is 0.0891. The molecule has 0 radical (unpaired) electrons. The van der Waals surface area contributed by atoms with E-state index in [2.05, 4.69) is 17.2 Å². The Kier molecular flexibility index (Phi) is 9.44. The van der Waals surface area contributed by atoms with E-state index in [4.69, 9.17) is 14.2 Å². The minimum atomic E-state index is -0.658. The highest BCUT2D eigenvalue weighted by molar-refractivity contribution is 5.89. The van der Waals surface area contributed by atoms with Gasteiger partial charge in [0.25, 0.3) is 0 Å². The summed E-state index contributed by atoms with van der Waals surface area (Å²) in [6.45, 7) is 3.58. The summed E-state index contributed by atoms with van der Waals surface area (Å²) in [5.41, 5.74) is 3.15. The SMILES string of the molecule is C=COC(=O)CCc1cc(NC(=O)OCc2ccccc2)cc(NC(=O)OCc2ccccc2)c1. The van der Waals surface area contributed by atoms with Crippen molar-refractivity contribution in [3.8, 4) is 0 Å². The third-order valence-electron chi connectivity index (χ3n) is 4.74. The molecule has 0 aromatic heterocycles. The van der Waals surface area contributed by atoms with E-state index >= 15 is 0 Å². The molecule has 3 aromatic carbocycles. The molecule has 35 heavy (non-hydrogen) atoms. The van der Waals surface area contributed by atoms with Crippen molar-refractivity contribution >= 4 is 29.5 Å². The van der Waals surface area contributed by atoms with Gasteiger partial charge in [0.1, 0.15) is 13.2 Å². The van der Waals surface area contributed by atoms with Gasteiger partial charge in [-0.15, -0.1) is 0 Å². The highest BCUT2D eigenvalue weighted by Gasteiger charge is 2.11. The molecule has 0 fully saturated rings. The van der Waals surface area contributed by atoms with E-state index < -0.39 is 18.2 Å². The third-order valence-corrected chi connectivity index (χ3v) is 4.74. The van der Waals surface area contributed by atoms with E-state index in [0.717, 1.165) is 17.4 Å². The highest BCUT2D eigenvalue weighted by atomic mass is 16.6. The normalized spacial score (nSPS) is 10.1. The largest absolute Gasteiger partial charge is 0.444 e. The van der Waals surface area contributed by atoms with Gasteiger partial charge in [-0.05, 0) is 41.3 Å². The van der Waals surface area contributed by atoms with Crippen molar-refractivity contribution in [2.24, 2.45) is 0 Å². The summed E-state index contributed by atoms with van der Waals surface area (Å²) in [4.78, 5) is 36.3. The molecule has 0 unspecified atom stereocenters. The molecule has 2 amide bonds. The average molecular weight is 475 g/mol. The first-order valence-electron chi connectivity index (χ1n) is 10.9. The maximum atomic E-state index is 12.3. The van der Waals surface area contributed by atoms with Crippen LogP contribution in [-0.4, -0.2) is 18.2 Å². The van der Waals surface area contributed by atoms with Gasteiger partial charge in [0, 0.05) is 17.8 Å². The highest BCUT2D eigenvalue weighted by Crippen LogP contribution is 2.21. The number of nitrogens with one attached hydrogen (secondary N) is 2. The van der Waals surface area contributed by atoms with Gasteiger partial charge in [0.05, 0.1) is 6.26 Å². The number of carbonyl (C=O) groups is 3. The number of carbonyl (C=O) groups excluding carboxylic acids is 3. The van der Waals surface area contributed by atoms with Crippen molar-refractivity contribution in [3.63, 3.8) is 0 Å². The van der Waals surface area contributed by atoms with Crippen molar-refractivity contribution in [1.29, 1.82) is 0 Å². The van der Waals surface area contributed by atoms with Crippen LogP contribution in [0.4, 0.5) is 21.0 Å². The average Bonchev–Trinajstić information content (AvgIpc) is 2.86. The van der Waals surface area contributed by atoms with Crippen molar-refractivity contribution < 1.29 is 28.6 Å². The molecule has 3 rings (SSSR count). The van der Waals surface area contributed by atoms with Crippen LogP contribution in [0.15, 0.2) is 91.7 Å². The van der Waals surface area contributed by atoms with Crippen LogP contribution in [0, 0.1) is 0 Å². The summed E-state index contributed by atoms with van der Waals surface area (Å²) in [5.74, 6) is -0.447. The molecule has 0 bridgehead atoms.